The van der Waals surface area contributed by atoms with Gasteiger partial charge in [0.05, 0.1) is 25.4 Å². The molecule has 0 bridgehead atoms. The predicted octanol–water partition coefficient (Wildman–Crippen LogP) is 3.93. The molecule has 0 aliphatic rings. The quantitative estimate of drug-likeness (QED) is 0.665. The summed E-state index contributed by atoms with van der Waals surface area (Å²) in [5.41, 5.74) is 2.05. The zero-order valence-corrected chi connectivity index (χ0v) is 15.7. The van der Waals surface area contributed by atoms with Gasteiger partial charge in [-0.15, -0.1) is 0 Å². The summed E-state index contributed by atoms with van der Waals surface area (Å²) in [5.74, 6) is 0.474. The number of aromatic nitrogens is 1. The number of furan rings is 1. The summed E-state index contributed by atoms with van der Waals surface area (Å²) in [6.07, 6.45) is 0.471. The summed E-state index contributed by atoms with van der Waals surface area (Å²) in [6, 6.07) is 9.95. The van der Waals surface area contributed by atoms with Gasteiger partial charge in [-0.05, 0) is 25.5 Å². The van der Waals surface area contributed by atoms with E-state index in [4.69, 9.17) is 13.9 Å². The van der Waals surface area contributed by atoms with Crippen LogP contribution in [0.4, 0.5) is 5.69 Å². The van der Waals surface area contributed by atoms with Crippen LogP contribution >= 0.6 is 0 Å². The summed E-state index contributed by atoms with van der Waals surface area (Å²) in [6.45, 7) is 3.70. The van der Waals surface area contributed by atoms with E-state index in [1.165, 1.54) is 7.11 Å². The Labute approximate surface area is 156 Å². The number of carbonyl (C=O) groups excluding carboxylic acids is 2. The van der Waals surface area contributed by atoms with E-state index in [0.717, 1.165) is 0 Å². The lowest BCUT2D eigenvalue weighted by Gasteiger charge is -2.20. The van der Waals surface area contributed by atoms with Crippen molar-refractivity contribution >= 4 is 28.7 Å². The molecule has 1 unspecified atom stereocenters. The molecule has 0 radical (unpaired) electrons. The summed E-state index contributed by atoms with van der Waals surface area (Å²) >= 11 is 0. The lowest BCUT2D eigenvalue weighted by atomic mass is 10.1. The van der Waals surface area contributed by atoms with Crippen molar-refractivity contribution in [3.63, 3.8) is 0 Å². The second kappa shape index (κ2) is 7.57. The molecule has 0 saturated carbocycles. The molecule has 0 saturated heterocycles. The van der Waals surface area contributed by atoms with Gasteiger partial charge in [0.2, 0.25) is 5.91 Å². The lowest BCUT2D eigenvalue weighted by Crippen LogP contribution is -2.28. The maximum atomic E-state index is 13.1. The van der Waals surface area contributed by atoms with Crippen LogP contribution in [0.5, 0.6) is 5.75 Å². The third-order valence-corrected chi connectivity index (χ3v) is 4.41. The van der Waals surface area contributed by atoms with Gasteiger partial charge in [-0.3, -0.25) is 4.79 Å². The smallest absolute Gasteiger partial charge is 0.354 e. The van der Waals surface area contributed by atoms with Gasteiger partial charge in [0.25, 0.3) is 0 Å². The third kappa shape index (κ3) is 3.40. The molecule has 1 N–H and O–H groups in total. The standard InChI is InChI=1S/C20H22N2O5/c1-5-14(19(23)21-13-8-6-7-9-17(13)25-3)22-15-10-12(2)27-18(15)11-16(22)20(24)26-4/h6-11,14H,5H2,1-4H3,(H,21,23). The van der Waals surface area contributed by atoms with Crippen LogP contribution in [0, 0.1) is 6.92 Å². The average molecular weight is 370 g/mol. The fraction of sp³-hybridized carbons (Fsp3) is 0.300. The number of anilines is 1. The number of esters is 1. The Bertz CT molecular complexity index is 986. The highest BCUT2D eigenvalue weighted by molar-refractivity contribution is 5.99. The second-order valence-electron chi connectivity index (χ2n) is 6.11. The first kappa shape index (κ1) is 18.6. The molecule has 3 rings (SSSR count). The predicted molar refractivity (Wildman–Crippen MR) is 101 cm³/mol. The molecular weight excluding hydrogens is 348 g/mol. The average Bonchev–Trinajstić information content (AvgIpc) is 3.19. The van der Waals surface area contributed by atoms with Crippen molar-refractivity contribution < 1.29 is 23.5 Å². The molecule has 7 nitrogen and oxygen atoms in total. The maximum absolute atomic E-state index is 13.1. The summed E-state index contributed by atoms with van der Waals surface area (Å²) in [5, 5.41) is 2.89. The van der Waals surface area contributed by atoms with Gasteiger partial charge in [0.15, 0.2) is 5.58 Å². The number of nitrogens with one attached hydrogen (secondary N) is 1. The first-order valence-corrected chi connectivity index (χ1v) is 8.63. The number of rotatable bonds is 6. The largest absolute Gasteiger partial charge is 0.495 e. The first-order chi connectivity index (χ1) is 13.0. The molecule has 0 spiro atoms. The molecule has 1 atom stereocenters. The van der Waals surface area contributed by atoms with E-state index in [1.54, 1.807) is 35.9 Å². The number of para-hydroxylation sites is 2. The number of amides is 1. The molecule has 3 aromatic rings. The maximum Gasteiger partial charge on any atom is 0.354 e. The zero-order chi connectivity index (χ0) is 19.6. The summed E-state index contributed by atoms with van der Waals surface area (Å²) in [7, 11) is 2.85. The van der Waals surface area contributed by atoms with Crippen molar-refractivity contribution in [3.8, 4) is 5.75 Å². The van der Waals surface area contributed by atoms with Crippen molar-refractivity contribution in [2.45, 2.75) is 26.3 Å². The molecule has 2 aromatic heterocycles. The van der Waals surface area contributed by atoms with Crippen molar-refractivity contribution in [1.29, 1.82) is 0 Å². The number of nitrogens with zero attached hydrogens (tertiary/aromatic N) is 1. The van der Waals surface area contributed by atoms with Crippen LogP contribution in [0.3, 0.4) is 0 Å². The van der Waals surface area contributed by atoms with Crippen LogP contribution in [0.25, 0.3) is 11.1 Å². The van der Waals surface area contributed by atoms with E-state index >= 15 is 0 Å². The van der Waals surface area contributed by atoms with Crippen LogP contribution < -0.4 is 10.1 Å². The molecule has 0 fully saturated rings. The molecule has 1 aromatic carbocycles. The van der Waals surface area contributed by atoms with E-state index < -0.39 is 12.0 Å². The SMILES string of the molecule is CCC(C(=O)Nc1ccccc1OC)n1c(C(=O)OC)cc2oc(C)cc21. The Kier molecular flexibility index (Phi) is 5.21. The molecular formula is C20H22N2O5. The number of hydrogen-bond acceptors (Lipinski definition) is 5. The fourth-order valence-corrected chi connectivity index (χ4v) is 3.18. The number of hydrogen-bond donors (Lipinski definition) is 1. The van der Waals surface area contributed by atoms with E-state index in [-0.39, 0.29) is 11.6 Å². The number of ether oxygens (including phenoxy) is 2. The van der Waals surface area contributed by atoms with E-state index in [9.17, 15) is 9.59 Å². The minimum Gasteiger partial charge on any atom is -0.495 e. The summed E-state index contributed by atoms with van der Waals surface area (Å²) < 4.78 is 17.5. The Morgan fingerprint density at radius 2 is 1.96 bits per heavy atom. The van der Waals surface area contributed by atoms with E-state index in [2.05, 4.69) is 5.32 Å². The van der Waals surface area contributed by atoms with Crippen LogP contribution in [0.15, 0.2) is 40.8 Å². The number of methoxy groups -OCH3 is 2. The van der Waals surface area contributed by atoms with Gasteiger partial charge in [-0.25, -0.2) is 4.79 Å². The number of benzene rings is 1. The number of fused-ring (bicyclic) bond motifs is 1. The molecule has 0 aliphatic heterocycles. The van der Waals surface area contributed by atoms with Gasteiger partial charge in [-0.2, -0.15) is 0 Å². The molecule has 7 heteroatoms. The molecule has 142 valence electrons. The zero-order valence-electron chi connectivity index (χ0n) is 15.7. The minimum absolute atomic E-state index is 0.261. The van der Waals surface area contributed by atoms with Crippen LogP contribution in [0.2, 0.25) is 0 Å². The van der Waals surface area contributed by atoms with E-state index in [1.807, 2.05) is 26.0 Å². The Balaban J connectivity index is 2.04. The van der Waals surface area contributed by atoms with Crippen molar-refractivity contribution in [2.75, 3.05) is 19.5 Å². The number of carbonyl (C=O) groups is 2. The van der Waals surface area contributed by atoms with Gasteiger partial charge in [0, 0.05) is 12.1 Å². The molecule has 1 amide bonds. The van der Waals surface area contributed by atoms with Gasteiger partial charge >= 0.3 is 5.97 Å². The van der Waals surface area contributed by atoms with Crippen LogP contribution in [-0.2, 0) is 9.53 Å². The normalized spacial score (nSPS) is 12.0. The van der Waals surface area contributed by atoms with Crippen LogP contribution in [0.1, 0.15) is 35.6 Å². The van der Waals surface area contributed by atoms with Crippen molar-refractivity contribution in [1.82, 2.24) is 4.57 Å². The molecule has 0 aliphatic carbocycles. The first-order valence-electron chi connectivity index (χ1n) is 8.63. The summed E-state index contributed by atoms with van der Waals surface area (Å²) in [4.78, 5) is 25.3. The van der Waals surface area contributed by atoms with Gasteiger partial charge < -0.3 is 23.8 Å². The van der Waals surface area contributed by atoms with Gasteiger partial charge in [0.1, 0.15) is 23.2 Å². The molecule has 2 heterocycles. The highest BCUT2D eigenvalue weighted by Crippen LogP contribution is 2.31. The minimum atomic E-state index is -0.626. The van der Waals surface area contributed by atoms with Crippen molar-refractivity contribution in [2.24, 2.45) is 0 Å². The van der Waals surface area contributed by atoms with E-state index in [0.29, 0.717) is 34.7 Å². The monoisotopic (exact) mass is 370 g/mol. The third-order valence-electron chi connectivity index (χ3n) is 4.41. The Morgan fingerprint density at radius 1 is 1.22 bits per heavy atom. The Morgan fingerprint density at radius 3 is 2.63 bits per heavy atom. The highest BCUT2D eigenvalue weighted by atomic mass is 16.5. The topological polar surface area (TPSA) is 82.7 Å². The second-order valence-corrected chi connectivity index (χ2v) is 6.11. The Hall–Kier alpha value is -3.22. The fourth-order valence-electron chi connectivity index (χ4n) is 3.18. The van der Waals surface area contributed by atoms with Crippen LogP contribution in [-0.4, -0.2) is 30.7 Å². The number of aryl methyl sites for hydroxylation is 1. The highest BCUT2D eigenvalue weighted by Gasteiger charge is 2.28. The van der Waals surface area contributed by atoms with Gasteiger partial charge in [-0.1, -0.05) is 19.1 Å². The van der Waals surface area contributed by atoms with Crippen molar-refractivity contribution in [3.05, 3.63) is 47.9 Å². The lowest BCUT2D eigenvalue weighted by molar-refractivity contribution is -0.119. The molecule has 27 heavy (non-hydrogen) atoms.